The van der Waals surface area contributed by atoms with E-state index < -0.39 is 11.5 Å². The van der Waals surface area contributed by atoms with Crippen LogP contribution in [0, 0.1) is 5.82 Å². The summed E-state index contributed by atoms with van der Waals surface area (Å²) >= 11 is 0. The highest BCUT2D eigenvalue weighted by Gasteiger charge is 2.32. The molecule has 0 heterocycles. The summed E-state index contributed by atoms with van der Waals surface area (Å²) < 4.78 is 17.9. The Morgan fingerprint density at radius 2 is 2.28 bits per heavy atom. The van der Waals surface area contributed by atoms with Gasteiger partial charge in [0.2, 0.25) is 0 Å². The molecule has 0 radical (unpaired) electrons. The van der Waals surface area contributed by atoms with Crippen molar-refractivity contribution < 1.29 is 19.0 Å². The van der Waals surface area contributed by atoms with Gasteiger partial charge in [0.1, 0.15) is 11.4 Å². The van der Waals surface area contributed by atoms with Gasteiger partial charge in [0.05, 0.1) is 6.61 Å². The van der Waals surface area contributed by atoms with Crippen molar-refractivity contribution in [1.82, 2.24) is 5.32 Å². The SMILES string of the molecule is COCCNC(C)(Cc1cccc(F)c1)C(=O)O. The maximum absolute atomic E-state index is 13.1. The molecule has 5 heteroatoms. The molecule has 0 amide bonds. The number of rotatable bonds is 7. The third-order valence-corrected chi connectivity index (χ3v) is 2.74. The van der Waals surface area contributed by atoms with Crippen molar-refractivity contribution >= 4 is 5.97 Å². The van der Waals surface area contributed by atoms with Gasteiger partial charge in [-0.3, -0.25) is 10.1 Å². The summed E-state index contributed by atoms with van der Waals surface area (Å²) in [5.74, 6) is -1.33. The highest BCUT2D eigenvalue weighted by Crippen LogP contribution is 2.14. The quantitative estimate of drug-likeness (QED) is 0.724. The van der Waals surface area contributed by atoms with Crippen LogP contribution >= 0.6 is 0 Å². The molecule has 0 bridgehead atoms. The first-order valence-corrected chi connectivity index (χ1v) is 5.70. The predicted octanol–water partition coefficient (Wildman–Crippen LogP) is 1.45. The Labute approximate surface area is 106 Å². The van der Waals surface area contributed by atoms with Gasteiger partial charge in [-0.2, -0.15) is 0 Å². The molecule has 1 aromatic rings. The first kappa shape index (κ1) is 14.6. The zero-order chi connectivity index (χ0) is 13.6. The van der Waals surface area contributed by atoms with Crippen LogP contribution < -0.4 is 5.32 Å². The van der Waals surface area contributed by atoms with Crippen LogP contribution in [0.3, 0.4) is 0 Å². The highest BCUT2D eigenvalue weighted by atomic mass is 19.1. The van der Waals surface area contributed by atoms with Crippen LogP contribution in [0.15, 0.2) is 24.3 Å². The molecule has 0 aromatic heterocycles. The third-order valence-electron chi connectivity index (χ3n) is 2.74. The summed E-state index contributed by atoms with van der Waals surface area (Å²) in [7, 11) is 1.55. The fraction of sp³-hybridized carbons (Fsp3) is 0.462. The van der Waals surface area contributed by atoms with E-state index in [4.69, 9.17) is 4.74 Å². The molecule has 2 N–H and O–H groups in total. The van der Waals surface area contributed by atoms with E-state index in [0.29, 0.717) is 18.7 Å². The number of carbonyl (C=O) groups is 1. The molecule has 0 saturated carbocycles. The summed E-state index contributed by atoms with van der Waals surface area (Å²) in [6, 6.07) is 5.96. The Hall–Kier alpha value is -1.46. The van der Waals surface area contributed by atoms with Gasteiger partial charge in [-0.05, 0) is 24.6 Å². The zero-order valence-electron chi connectivity index (χ0n) is 10.6. The lowest BCUT2D eigenvalue weighted by Gasteiger charge is -2.26. The maximum Gasteiger partial charge on any atom is 0.323 e. The second-order valence-corrected chi connectivity index (χ2v) is 4.36. The largest absolute Gasteiger partial charge is 0.480 e. The second kappa shape index (κ2) is 6.47. The fourth-order valence-corrected chi connectivity index (χ4v) is 1.70. The minimum absolute atomic E-state index is 0.212. The van der Waals surface area contributed by atoms with E-state index in [-0.39, 0.29) is 12.2 Å². The van der Waals surface area contributed by atoms with E-state index in [1.165, 1.54) is 12.1 Å². The molecule has 1 rings (SSSR count). The van der Waals surface area contributed by atoms with Gasteiger partial charge in [0.25, 0.3) is 0 Å². The van der Waals surface area contributed by atoms with Crippen molar-refractivity contribution in [3.05, 3.63) is 35.6 Å². The molecule has 0 fully saturated rings. The standard InChI is InChI=1S/C13H18FNO3/c1-13(12(16)17,15-6-7-18-2)9-10-4-3-5-11(14)8-10/h3-5,8,15H,6-7,9H2,1-2H3,(H,16,17). The zero-order valence-corrected chi connectivity index (χ0v) is 10.6. The number of methoxy groups -OCH3 is 1. The van der Waals surface area contributed by atoms with Crippen molar-refractivity contribution in [2.24, 2.45) is 0 Å². The summed E-state index contributed by atoms with van der Waals surface area (Å²) in [5, 5.41) is 12.2. The smallest absolute Gasteiger partial charge is 0.323 e. The van der Waals surface area contributed by atoms with E-state index in [2.05, 4.69) is 5.32 Å². The van der Waals surface area contributed by atoms with Gasteiger partial charge in [0.15, 0.2) is 0 Å². The Bertz CT molecular complexity index is 411. The molecule has 0 aliphatic carbocycles. The molecular formula is C13H18FNO3. The number of hydrogen-bond donors (Lipinski definition) is 2. The van der Waals surface area contributed by atoms with Gasteiger partial charge in [-0.1, -0.05) is 12.1 Å². The number of carboxylic acids is 1. The van der Waals surface area contributed by atoms with E-state index in [9.17, 15) is 14.3 Å². The minimum atomic E-state index is -1.13. The summed E-state index contributed by atoms with van der Waals surface area (Å²) in [6.45, 7) is 2.43. The number of aliphatic carboxylic acids is 1. The van der Waals surface area contributed by atoms with Crippen molar-refractivity contribution in [3.63, 3.8) is 0 Å². The fourth-order valence-electron chi connectivity index (χ4n) is 1.70. The van der Waals surface area contributed by atoms with Gasteiger partial charge < -0.3 is 9.84 Å². The molecule has 0 saturated heterocycles. The van der Waals surface area contributed by atoms with Crippen LogP contribution in [0.25, 0.3) is 0 Å². The number of ether oxygens (including phenoxy) is 1. The number of nitrogens with one attached hydrogen (secondary N) is 1. The van der Waals surface area contributed by atoms with Crippen LogP contribution in [-0.4, -0.2) is 36.9 Å². The summed E-state index contributed by atoms with van der Waals surface area (Å²) in [4.78, 5) is 11.3. The van der Waals surface area contributed by atoms with Crippen molar-refractivity contribution in [2.75, 3.05) is 20.3 Å². The Morgan fingerprint density at radius 1 is 1.56 bits per heavy atom. The monoisotopic (exact) mass is 255 g/mol. The van der Waals surface area contributed by atoms with Crippen LogP contribution in [0.1, 0.15) is 12.5 Å². The molecule has 18 heavy (non-hydrogen) atoms. The highest BCUT2D eigenvalue weighted by molar-refractivity contribution is 5.78. The van der Waals surface area contributed by atoms with Gasteiger partial charge >= 0.3 is 5.97 Å². The normalized spacial score (nSPS) is 14.2. The number of benzene rings is 1. The number of carboxylic acid groups (broad SMARTS) is 1. The Morgan fingerprint density at radius 3 is 2.83 bits per heavy atom. The van der Waals surface area contributed by atoms with Crippen LogP contribution in [0.5, 0.6) is 0 Å². The van der Waals surface area contributed by atoms with Gasteiger partial charge in [-0.15, -0.1) is 0 Å². The third kappa shape index (κ3) is 4.09. The van der Waals surface area contributed by atoms with Gasteiger partial charge in [-0.25, -0.2) is 4.39 Å². The summed E-state index contributed by atoms with van der Waals surface area (Å²) in [6.07, 6.45) is 0.212. The van der Waals surface area contributed by atoms with Crippen molar-refractivity contribution in [3.8, 4) is 0 Å². The Kier molecular flexibility index (Phi) is 5.25. The first-order chi connectivity index (χ1) is 8.48. The van der Waals surface area contributed by atoms with Crippen molar-refractivity contribution in [1.29, 1.82) is 0 Å². The predicted molar refractivity (Wildman–Crippen MR) is 66.0 cm³/mol. The molecular weight excluding hydrogens is 237 g/mol. The lowest BCUT2D eigenvalue weighted by Crippen LogP contribution is -2.52. The average molecular weight is 255 g/mol. The number of halogens is 1. The van der Waals surface area contributed by atoms with Crippen LogP contribution in [0.2, 0.25) is 0 Å². The molecule has 4 nitrogen and oxygen atoms in total. The van der Waals surface area contributed by atoms with Crippen molar-refractivity contribution in [2.45, 2.75) is 18.9 Å². The molecule has 100 valence electrons. The van der Waals surface area contributed by atoms with Crippen LogP contribution in [0.4, 0.5) is 4.39 Å². The molecule has 0 aliphatic heterocycles. The topological polar surface area (TPSA) is 58.6 Å². The Balaban J connectivity index is 2.76. The van der Waals surface area contributed by atoms with Gasteiger partial charge in [0, 0.05) is 20.1 Å². The average Bonchev–Trinajstić information content (AvgIpc) is 2.29. The lowest BCUT2D eigenvalue weighted by atomic mass is 9.93. The van der Waals surface area contributed by atoms with E-state index in [0.717, 1.165) is 0 Å². The molecule has 1 aromatic carbocycles. The molecule has 0 spiro atoms. The lowest BCUT2D eigenvalue weighted by molar-refractivity contribution is -0.144. The maximum atomic E-state index is 13.1. The molecule has 1 atom stereocenters. The minimum Gasteiger partial charge on any atom is -0.480 e. The second-order valence-electron chi connectivity index (χ2n) is 4.36. The molecule has 1 unspecified atom stereocenters. The summed E-state index contributed by atoms with van der Waals surface area (Å²) in [5.41, 5.74) is -0.489. The van der Waals surface area contributed by atoms with E-state index in [1.807, 2.05) is 0 Å². The van der Waals surface area contributed by atoms with E-state index >= 15 is 0 Å². The first-order valence-electron chi connectivity index (χ1n) is 5.70. The molecule has 0 aliphatic rings. The van der Waals surface area contributed by atoms with Crippen LogP contribution in [-0.2, 0) is 16.0 Å². The van der Waals surface area contributed by atoms with E-state index in [1.54, 1.807) is 26.2 Å². The number of hydrogen-bond acceptors (Lipinski definition) is 3.